The molecule has 0 unspecified atom stereocenters. The van der Waals surface area contributed by atoms with Crippen molar-refractivity contribution in [3.05, 3.63) is 29.3 Å². The first kappa shape index (κ1) is 13.1. The third-order valence-electron chi connectivity index (χ3n) is 2.11. The second kappa shape index (κ2) is 5.38. The van der Waals surface area contributed by atoms with E-state index in [0.717, 1.165) is 0 Å². The van der Waals surface area contributed by atoms with Gasteiger partial charge in [0, 0.05) is 17.0 Å². The van der Waals surface area contributed by atoms with Gasteiger partial charge in [-0.2, -0.15) is 8.78 Å². The summed E-state index contributed by atoms with van der Waals surface area (Å²) in [5.74, 6) is -0.573. The molecule has 0 aliphatic carbocycles. The van der Waals surface area contributed by atoms with E-state index in [1.54, 1.807) is 0 Å². The first-order chi connectivity index (χ1) is 7.95. The Kier molecular flexibility index (Phi) is 4.14. The van der Waals surface area contributed by atoms with Crippen LogP contribution >= 0.6 is 0 Å². The van der Waals surface area contributed by atoms with Gasteiger partial charge in [0.25, 0.3) is 0 Å². The van der Waals surface area contributed by atoms with Crippen LogP contribution in [0.1, 0.15) is 22.8 Å². The molecule has 0 bridgehead atoms. The molecule has 0 saturated heterocycles. The van der Waals surface area contributed by atoms with Crippen LogP contribution in [-0.2, 0) is 4.74 Å². The predicted molar refractivity (Wildman–Crippen MR) is 59.9 cm³/mol. The van der Waals surface area contributed by atoms with Crippen molar-refractivity contribution in [2.75, 3.05) is 12.4 Å². The van der Waals surface area contributed by atoms with Crippen molar-refractivity contribution >= 4 is 17.4 Å². The number of nitrogens with one attached hydrogen (secondary N) is 2. The minimum atomic E-state index is -2.72. The second-order valence-corrected chi connectivity index (χ2v) is 3.32. The van der Waals surface area contributed by atoms with Gasteiger partial charge in [0.05, 0.1) is 12.7 Å². The van der Waals surface area contributed by atoms with Gasteiger partial charge in [-0.3, -0.25) is 0 Å². The van der Waals surface area contributed by atoms with Crippen LogP contribution in [0.3, 0.4) is 0 Å². The number of halogens is 2. The fraction of sp³-hybridized carbons (Fsp3) is 0.273. The van der Waals surface area contributed by atoms with E-state index in [2.05, 4.69) is 4.74 Å². The van der Waals surface area contributed by atoms with Gasteiger partial charge in [-0.25, -0.2) is 4.79 Å². The van der Waals surface area contributed by atoms with E-state index in [1.807, 2.05) is 5.32 Å². The molecule has 0 atom stereocenters. The number of anilines is 1. The molecule has 17 heavy (non-hydrogen) atoms. The lowest BCUT2D eigenvalue weighted by Gasteiger charge is -2.11. The quantitative estimate of drug-likeness (QED) is 0.484. The van der Waals surface area contributed by atoms with Gasteiger partial charge in [0.2, 0.25) is 0 Å². The van der Waals surface area contributed by atoms with Crippen molar-refractivity contribution in [3.8, 4) is 0 Å². The van der Waals surface area contributed by atoms with E-state index < -0.39 is 12.5 Å². The van der Waals surface area contributed by atoms with Crippen molar-refractivity contribution in [1.82, 2.24) is 0 Å². The van der Waals surface area contributed by atoms with E-state index in [9.17, 15) is 13.6 Å². The van der Waals surface area contributed by atoms with Crippen LogP contribution in [0.2, 0.25) is 0 Å². The number of hydrogen-bond donors (Lipinski definition) is 2. The van der Waals surface area contributed by atoms with Crippen LogP contribution in [0, 0.1) is 5.41 Å². The summed E-state index contributed by atoms with van der Waals surface area (Å²) in [6, 6.07) is 4.04. The van der Waals surface area contributed by atoms with Gasteiger partial charge < -0.3 is 15.5 Å². The van der Waals surface area contributed by atoms with Crippen molar-refractivity contribution in [2.45, 2.75) is 13.5 Å². The highest BCUT2D eigenvalue weighted by Crippen LogP contribution is 2.20. The molecule has 0 aromatic heterocycles. The molecule has 0 radical (unpaired) electrons. The van der Waals surface area contributed by atoms with E-state index in [4.69, 9.17) is 5.41 Å². The van der Waals surface area contributed by atoms with Gasteiger partial charge in [-0.15, -0.1) is 0 Å². The Bertz CT molecular complexity index is 447. The molecule has 92 valence electrons. The van der Waals surface area contributed by atoms with Crippen LogP contribution in [0.25, 0.3) is 0 Å². The van der Waals surface area contributed by atoms with Crippen LogP contribution < -0.4 is 5.32 Å². The van der Waals surface area contributed by atoms with Crippen LogP contribution in [0.4, 0.5) is 14.5 Å². The molecule has 4 nitrogen and oxygen atoms in total. The van der Waals surface area contributed by atoms with E-state index in [1.165, 1.54) is 32.2 Å². The Hall–Kier alpha value is -1.98. The van der Waals surface area contributed by atoms with E-state index in [-0.39, 0.29) is 22.5 Å². The molecule has 6 heteroatoms. The lowest BCUT2D eigenvalue weighted by molar-refractivity contribution is 0.0601. The van der Waals surface area contributed by atoms with Gasteiger partial charge in [-0.1, -0.05) is 0 Å². The van der Waals surface area contributed by atoms with E-state index >= 15 is 0 Å². The van der Waals surface area contributed by atoms with Gasteiger partial charge >= 0.3 is 12.5 Å². The molecular formula is C11H12F2N2O2. The SMILES string of the molecule is COC(=O)c1ccc(NC(F)F)c(C(C)=N)c1. The highest BCUT2D eigenvalue weighted by atomic mass is 19.3. The highest BCUT2D eigenvalue weighted by Gasteiger charge is 2.13. The molecule has 0 aliphatic rings. The highest BCUT2D eigenvalue weighted by molar-refractivity contribution is 6.03. The number of benzene rings is 1. The van der Waals surface area contributed by atoms with Gasteiger partial charge in [-0.05, 0) is 25.1 Å². The van der Waals surface area contributed by atoms with E-state index in [0.29, 0.717) is 0 Å². The number of carbonyl (C=O) groups excluding carboxylic acids is 1. The maximum Gasteiger partial charge on any atom is 0.337 e. The zero-order valence-electron chi connectivity index (χ0n) is 9.38. The molecule has 0 saturated carbocycles. The molecule has 1 aromatic rings. The average molecular weight is 242 g/mol. The van der Waals surface area contributed by atoms with Crippen molar-refractivity contribution in [1.29, 1.82) is 5.41 Å². The number of alkyl halides is 2. The summed E-state index contributed by atoms with van der Waals surface area (Å²) in [6.07, 6.45) is 0. The molecule has 2 N–H and O–H groups in total. The topological polar surface area (TPSA) is 62.2 Å². The maximum absolute atomic E-state index is 12.2. The summed E-state index contributed by atoms with van der Waals surface area (Å²) >= 11 is 0. The van der Waals surface area contributed by atoms with Crippen molar-refractivity contribution in [2.24, 2.45) is 0 Å². The second-order valence-electron chi connectivity index (χ2n) is 3.32. The minimum Gasteiger partial charge on any atom is -0.465 e. The summed E-state index contributed by atoms with van der Waals surface area (Å²) in [5, 5.41) is 9.39. The third kappa shape index (κ3) is 3.24. The Morgan fingerprint density at radius 3 is 2.59 bits per heavy atom. The normalized spacial score (nSPS) is 10.2. The van der Waals surface area contributed by atoms with Crippen molar-refractivity contribution in [3.63, 3.8) is 0 Å². The zero-order valence-corrected chi connectivity index (χ0v) is 9.38. The Morgan fingerprint density at radius 2 is 2.12 bits per heavy atom. The third-order valence-corrected chi connectivity index (χ3v) is 2.11. The molecule has 0 spiro atoms. The number of methoxy groups -OCH3 is 1. The minimum absolute atomic E-state index is 0.0823. The number of hydrogen-bond acceptors (Lipinski definition) is 4. The summed E-state index contributed by atoms with van der Waals surface area (Å²) in [7, 11) is 1.23. The standard InChI is InChI=1S/C11H12F2N2O2/c1-6(14)8-5-7(10(16)17-2)3-4-9(8)15-11(12)13/h3-5,11,14-15H,1-2H3. The predicted octanol–water partition coefficient (Wildman–Crippen LogP) is 2.50. The number of rotatable bonds is 4. The monoisotopic (exact) mass is 242 g/mol. The Morgan fingerprint density at radius 1 is 1.47 bits per heavy atom. The Balaban J connectivity index is 3.17. The summed E-state index contributed by atoms with van der Waals surface area (Å²) in [6.45, 7) is -1.27. The van der Waals surface area contributed by atoms with Gasteiger partial charge in [0.15, 0.2) is 0 Å². The summed E-state index contributed by atoms with van der Waals surface area (Å²) < 4.78 is 28.9. The Labute approximate surface area is 97.1 Å². The molecule has 0 fully saturated rings. The fourth-order valence-corrected chi connectivity index (χ4v) is 1.34. The molecule has 0 heterocycles. The van der Waals surface area contributed by atoms with Crippen molar-refractivity contribution < 1.29 is 18.3 Å². The van der Waals surface area contributed by atoms with Crippen LogP contribution in [0.5, 0.6) is 0 Å². The summed E-state index contributed by atoms with van der Waals surface area (Å²) in [5.41, 5.74) is 0.654. The van der Waals surface area contributed by atoms with Crippen LogP contribution in [-0.4, -0.2) is 25.3 Å². The largest absolute Gasteiger partial charge is 0.465 e. The maximum atomic E-state index is 12.2. The molecule has 1 aromatic carbocycles. The zero-order chi connectivity index (χ0) is 13.0. The molecule has 0 amide bonds. The summed E-state index contributed by atoms with van der Waals surface area (Å²) in [4.78, 5) is 11.3. The molecule has 0 aliphatic heterocycles. The van der Waals surface area contributed by atoms with Crippen LogP contribution in [0.15, 0.2) is 18.2 Å². The first-order valence-electron chi connectivity index (χ1n) is 4.78. The smallest absolute Gasteiger partial charge is 0.337 e. The lowest BCUT2D eigenvalue weighted by atomic mass is 10.0. The average Bonchev–Trinajstić information content (AvgIpc) is 2.27. The molecular weight excluding hydrogens is 230 g/mol. The first-order valence-corrected chi connectivity index (χ1v) is 4.78. The number of esters is 1. The lowest BCUT2D eigenvalue weighted by Crippen LogP contribution is -2.12. The van der Waals surface area contributed by atoms with Gasteiger partial charge in [0.1, 0.15) is 0 Å². The fourth-order valence-electron chi connectivity index (χ4n) is 1.34. The number of ether oxygens (including phenoxy) is 1. The number of carbonyl (C=O) groups is 1. The molecule has 1 rings (SSSR count).